The first kappa shape index (κ1) is 18.5. The van der Waals surface area contributed by atoms with E-state index >= 15 is 0 Å². The summed E-state index contributed by atoms with van der Waals surface area (Å²) in [5.74, 6) is 2.92. The van der Waals surface area contributed by atoms with Crippen LogP contribution in [0.4, 0.5) is 0 Å². The molecule has 1 N–H and O–H groups in total. The summed E-state index contributed by atoms with van der Waals surface area (Å²) < 4.78 is 7.70. The number of carbonyl (C=O) groups excluding carboxylic acids is 1. The van der Waals surface area contributed by atoms with Crippen molar-refractivity contribution >= 4 is 17.7 Å². The first-order valence-corrected chi connectivity index (χ1v) is 11.2. The zero-order chi connectivity index (χ0) is 19.6. The average Bonchev–Trinajstić information content (AvgIpc) is 3.32. The van der Waals surface area contributed by atoms with Crippen LogP contribution in [0.5, 0.6) is 0 Å². The fraction of sp³-hybridized carbons (Fsp3) is 0.409. The van der Waals surface area contributed by atoms with Crippen LogP contribution in [0.1, 0.15) is 60.4 Å². The number of rotatable bonds is 7. The topological polar surface area (TPSA) is 73.0 Å². The van der Waals surface area contributed by atoms with E-state index in [1.54, 1.807) is 6.26 Å². The third kappa shape index (κ3) is 4.10. The van der Waals surface area contributed by atoms with E-state index in [4.69, 9.17) is 4.42 Å². The monoisotopic (exact) mass is 408 g/mol. The van der Waals surface area contributed by atoms with Crippen LogP contribution in [0.2, 0.25) is 0 Å². The molecule has 2 aromatic heterocycles. The number of amides is 1. The summed E-state index contributed by atoms with van der Waals surface area (Å²) in [6.07, 6.45) is 7.01. The summed E-state index contributed by atoms with van der Waals surface area (Å²) in [5.41, 5.74) is 2.34. The third-order valence-electron chi connectivity index (χ3n) is 5.59. The molecule has 1 amide bonds. The van der Waals surface area contributed by atoms with E-state index in [-0.39, 0.29) is 11.9 Å². The zero-order valence-corrected chi connectivity index (χ0v) is 17.0. The molecule has 0 bridgehead atoms. The quantitative estimate of drug-likeness (QED) is 0.596. The van der Waals surface area contributed by atoms with Gasteiger partial charge in [-0.3, -0.25) is 4.79 Å². The maximum atomic E-state index is 12.6. The van der Waals surface area contributed by atoms with E-state index in [0.29, 0.717) is 11.7 Å². The SMILES string of the molecule is O=C(CSc1nnc(C2CC2)n1Cc1ccccc1)NC1CCCc2occc21. The van der Waals surface area contributed by atoms with E-state index < -0.39 is 0 Å². The Morgan fingerprint density at radius 1 is 1.17 bits per heavy atom. The molecule has 5 rings (SSSR count). The molecule has 1 fully saturated rings. The molecule has 1 unspecified atom stereocenters. The predicted octanol–water partition coefficient (Wildman–Crippen LogP) is 4.08. The Labute approximate surface area is 174 Å². The van der Waals surface area contributed by atoms with E-state index in [9.17, 15) is 4.79 Å². The van der Waals surface area contributed by atoms with Gasteiger partial charge in [0.05, 0.1) is 24.6 Å². The fourth-order valence-corrected chi connectivity index (χ4v) is 4.72. The van der Waals surface area contributed by atoms with Crippen LogP contribution in [-0.2, 0) is 17.8 Å². The van der Waals surface area contributed by atoms with E-state index in [1.807, 2.05) is 24.3 Å². The lowest BCUT2D eigenvalue weighted by Gasteiger charge is -2.22. The van der Waals surface area contributed by atoms with Crippen LogP contribution < -0.4 is 5.32 Å². The minimum atomic E-state index is 0.0243. The minimum absolute atomic E-state index is 0.0243. The van der Waals surface area contributed by atoms with Gasteiger partial charge in [-0.15, -0.1) is 10.2 Å². The molecule has 150 valence electrons. The Morgan fingerprint density at radius 2 is 2.03 bits per heavy atom. The summed E-state index contributed by atoms with van der Waals surface area (Å²) in [5, 5.41) is 12.8. The van der Waals surface area contributed by atoms with Crippen molar-refractivity contribution in [2.24, 2.45) is 0 Å². The molecule has 1 aromatic carbocycles. The molecule has 1 atom stereocenters. The lowest BCUT2D eigenvalue weighted by Crippen LogP contribution is -2.31. The Morgan fingerprint density at radius 3 is 2.86 bits per heavy atom. The molecular weight excluding hydrogens is 384 g/mol. The molecule has 29 heavy (non-hydrogen) atoms. The first-order valence-electron chi connectivity index (χ1n) is 10.2. The zero-order valence-electron chi connectivity index (χ0n) is 16.2. The normalized spacial score (nSPS) is 18.4. The second-order valence-corrected chi connectivity index (χ2v) is 8.73. The number of hydrogen-bond donors (Lipinski definition) is 1. The highest BCUT2D eigenvalue weighted by molar-refractivity contribution is 7.99. The van der Waals surface area contributed by atoms with E-state index in [1.165, 1.54) is 30.2 Å². The summed E-state index contributed by atoms with van der Waals surface area (Å²) in [7, 11) is 0. The summed E-state index contributed by atoms with van der Waals surface area (Å²) >= 11 is 1.47. The first-order chi connectivity index (χ1) is 14.3. The van der Waals surface area contributed by atoms with Gasteiger partial charge in [0.15, 0.2) is 5.16 Å². The highest BCUT2D eigenvalue weighted by Gasteiger charge is 2.31. The molecule has 6 nitrogen and oxygen atoms in total. The van der Waals surface area contributed by atoms with Crippen LogP contribution in [0.15, 0.2) is 52.2 Å². The maximum Gasteiger partial charge on any atom is 0.230 e. The van der Waals surface area contributed by atoms with Crippen molar-refractivity contribution in [1.82, 2.24) is 20.1 Å². The van der Waals surface area contributed by atoms with E-state index in [2.05, 4.69) is 32.2 Å². The highest BCUT2D eigenvalue weighted by Crippen LogP contribution is 2.40. The van der Waals surface area contributed by atoms with Crippen LogP contribution >= 0.6 is 11.8 Å². The highest BCUT2D eigenvalue weighted by atomic mass is 32.2. The molecular formula is C22H24N4O2S. The fourth-order valence-electron chi connectivity index (χ4n) is 3.97. The molecule has 3 aromatic rings. The Bertz CT molecular complexity index is 993. The molecule has 0 spiro atoms. The maximum absolute atomic E-state index is 12.6. The second-order valence-electron chi connectivity index (χ2n) is 7.79. The van der Waals surface area contributed by atoms with Gasteiger partial charge in [-0.1, -0.05) is 42.1 Å². The van der Waals surface area contributed by atoms with Gasteiger partial charge in [-0.2, -0.15) is 0 Å². The van der Waals surface area contributed by atoms with Crippen molar-refractivity contribution in [3.8, 4) is 0 Å². The number of nitrogens with one attached hydrogen (secondary N) is 1. The van der Waals surface area contributed by atoms with Crippen molar-refractivity contribution in [3.63, 3.8) is 0 Å². The van der Waals surface area contributed by atoms with Crippen LogP contribution in [-0.4, -0.2) is 26.4 Å². The number of benzene rings is 1. The summed E-state index contributed by atoms with van der Waals surface area (Å²) in [6, 6.07) is 12.4. The van der Waals surface area contributed by atoms with Crippen LogP contribution in [0, 0.1) is 0 Å². The number of carbonyl (C=O) groups is 1. The molecule has 7 heteroatoms. The van der Waals surface area contributed by atoms with Crippen molar-refractivity contribution in [2.45, 2.75) is 55.8 Å². The number of thioether (sulfide) groups is 1. The van der Waals surface area contributed by atoms with Gasteiger partial charge in [0.1, 0.15) is 11.6 Å². The molecule has 0 radical (unpaired) electrons. The number of aromatic nitrogens is 3. The number of aryl methyl sites for hydroxylation is 1. The smallest absolute Gasteiger partial charge is 0.230 e. The number of fused-ring (bicyclic) bond motifs is 1. The molecule has 2 aliphatic rings. The molecule has 1 saturated carbocycles. The number of hydrogen-bond acceptors (Lipinski definition) is 5. The standard InChI is InChI=1S/C22H24N4O2S/c27-20(23-18-7-4-8-19-17(18)11-12-28-19)14-29-22-25-24-21(16-9-10-16)26(22)13-15-5-2-1-3-6-15/h1-3,5-6,11-12,16,18H,4,7-10,13-14H2,(H,23,27). The van der Waals surface area contributed by atoms with Crippen LogP contribution in [0.25, 0.3) is 0 Å². The largest absolute Gasteiger partial charge is 0.469 e. The van der Waals surface area contributed by atoms with Gasteiger partial charge in [0.2, 0.25) is 5.91 Å². The Balaban J connectivity index is 1.26. The Kier molecular flexibility index (Phi) is 5.14. The average molecular weight is 409 g/mol. The number of nitrogens with zero attached hydrogens (tertiary/aromatic N) is 3. The molecule has 0 saturated heterocycles. The Hall–Kier alpha value is -2.54. The van der Waals surface area contributed by atoms with Crippen LogP contribution in [0.3, 0.4) is 0 Å². The molecule has 2 heterocycles. The van der Waals surface area contributed by atoms with Gasteiger partial charge in [0.25, 0.3) is 0 Å². The van der Waals surface area contributed by atoms with Gasteiger partial charge in [-0.05, 0) is 37.3 Å². The van der Waals surface area contributed by atoms with E-state index in [0.717, 1.165) is 48.1 Å². The van der Waals surface area contributed by atoms with Crippen molar-refractivity contribution in [2.75, 3.05) is 5.75 Å². The molecule has 2 aliphatic carbocycles. The summed E-state index contributed by atoms with van der Waals surface area (Å²) in [6.45, 7) is 0.741. The van der Waals surface area contributed by atoms with Gasteiger partial charge < -0.3 is 14.3 Å². The lowest BCUT2D eigenvalue weighted by atomic mass is 9.93. The van der Waals surface area contributed by atoms with Crippen molar-refractivity contribution in [3.05, 3.63) is 65.4 Å². The van der Waals surface area contributed by atoms with Crippen molar-refractivity contribution in [1.29, 1.82) is 0 Å². The molecule has 0 aliphatic heterocycles. The van der Waals surface area contributed by atoms with Gasteiger partial charge >= 0.3 is 0 Å². The lowest BCUT2D eigenvalue weighted by molar-refractivity contribution is -0.119. The minimum Gasteiger partial charge on any atom is -0.469 e. The predicted molar refractivity (Wildman–Crippen MR) is 111 cm³/mol. The van der Waals surface area contributed by atoms with Gasteiger partial charge in [0, 0.05) is 17.9 Å². The third-order valence-corrected chi connectivity index (χ3v) is 6.56. The van der Waals surface area contributed by atoms with Gasteiger partial charge in [-0.25, -0.2) is 0 Å². The van der Waals surface area contributed by atoms with Crippen molar-refractivity contribution < 1.29 is 9.21 Å². The number of furan rings is 1. The summed E-state index contributed by atoms with van der Waals surface area (Å²) in [4.78, 5) is 12.6. The second kappa shape index (κ2) is 8.06.